The van der Waals surface area contributed by atoms with E-state index in [9.17, 15) is 4.57 Å². The molecule has 2 aliphatic rings. The molecule has 1 heterocycles. The first-order valence-corrected chi connectivity index (χ1v) is 16.0. The predicted octanol–water partition coefficient (Wildman–Crippen LogP) is 8.88. The van der Waals surface area contributed by atoms with E-state index in [1.807, 2.05) is 13.8 Å². The van der Waals surface area contributed by atoms with Crippen LogP contribution in [0.5, 0.6) is 0 Å². The molecular formula is C31H29O3PS2. The average molecular weight is 545 g/mol. The quantitative estimate of drug-likeness (QED) is 0.217. The van der Waals surface area contributed by atoms with Crippen molar-refractivity contribution in [1.29, 1.82) is 0 Å². The maximum Gasteiger partial charge on any atom is 0.353 e. The standard InChI is InChI=1S/C31H29O3PS2/c1-3-33-35(32,34-4-2)29-36-30(23-15-7-5-8-16-23,24-17-9-6-10-18-24)31(37-29)27-21-13-11-19-25(27)26-20-12-14-22-28(26)31/h5-22,29H,3-4H2,1-2H3. The highest BCUT2D eigenvalue weighted by molar-refractivity contribution is 8.27. The van der Waals surface area contributed by atoms with Gasteiger partial charge in [0.2, 0.25) is 0 Å². The smallest absolute Gasteiger partial charge is 0.308 e. The second-order valence-corrected chi connectivity index (χ2v) is 14.9. The lowest BCUT2D eigenvalue weighted by atomic mass is 9.74. The van der Waals surface area contributed by atoms with E-state index in [1.165, 1.54) is 33.4 Å². The molecular weight excluding hydrogens is 515 g/mol. The molecule has 1 atom stereocenters. The van der Waals surface area contributed by atoms with Crippen molar-refractivity contribution in [2.75, 3.05) is 13.2 Å². The molecule has 0 bridgehead atoms. The fraction of sp³-hybridized carbons (Fsp3) is 0.226. The normalized spacial score (nSPS) is 19.0. The zero-order valence-corrected chi connectivity index (χ0v) is 23.4. The van der Waals surface area contributed by atoms with E-state index in [0.717, 1.165) is 0 Å². The summed E-state index contributed by atoms with van der Waals surface area (Å²) in [5.41, 5.74) is 7.28. The molecule has 37 heavy (non-hydrogen) atoms. The molecule has 1 aliphatic heterocycles. The molecule has 1 fully saturated rings. The van der Waals surface area contributed by atoms with Gasteiger partial charge in [0, 0.05) is 0 Å². The van der Waals surface area contributed by atoms with Crippen LogP contribution < -0.4 is 0 Å². The Balaban J connectivity index is 1.74. The average Bonchev–Trinajstić information content (AvgIpc) is 3.46. The van der Waals surface area contributed by atoms with Crippen molar-refractivity contribution in [3.8, 4) is 11.1 Å². The Kier molecular flexibility index (Phi) is 6.63. The molecule has 1 unspecified atom stereocenters. The fourth-order valence-corrected chi connectivity index (χ4v) is 13.5. The number of hydrogen-bond donors (Lipinski definition) is 0. The number of rotatable bonds is 7. The minimum Gasteiger partial charge on any atom is -0.308 e. The van der Waals surface area contributed by atoms with Crippen LogP contribution in [-0.4, -0.2) is 17.5 Å². The minimum atomic E-state index is -3.46. The van der Waals surface area contributed by atoms with Gasteiger partial charge >= 0.3 is 7.60 Å². The predicted molar refractivity (Wildman–Crippen MR) is 156 cm³/mol. The number of benzene rings is 4. The first kappa shape index (κ1) is 25.0. The summed E-state index contributed by atoms with van der Waals surface area (Å²) in [4.78, 5) is 0. The van der Waals surface area contributed by atoms with Crippen molar-refractivity contribution in [3.63, 3.8) is 0 Å². The van der Waals surface area contributed by atoms with Crippen LogP contribution in [0.3, 0.4) is 0 Å². The summed E-state index contributed by atoms with van der Waals surface area (Å²) in [6.45, 7) is 4.43. The van der Waals surface area contributed by atoms with Crippen LogP contribution in [-0.2, 0) is 23.1 Å². The zero-order valence-electron chi connectivity index (χ0n) is 20.9. The van der Waals surface area contributed by atoms with Gasteiger partial charge in [-0.25, -0.2) is 0 Å². The molecule has 4 aromatic rings. The number of thioether (sulfide) groups is 2. The van der Waals surface area contributed by atoms with Gasteiger partial charge in [-0.3, -0.25) is 4.57 Å². The van der Waals surface area contributed by atoms with Gasteiger partial charge in [-0.2, -0.15) is 0 Å². The Hall–Kier alpha value is -2.27. The highest BCUT2D eigenvalue weighted by Gasteiger charge is 2.69. The minimum absolute atomic E-state index is 0.332. The van der Waals surface area contributed by atoms with Crippen molar-refractivity contribution in [1.82, 2.24) is 0 Å². The molecule has 6 heteroatoms. The van der Waals surface area contributed by atoms with E-state index in [4.69, 9.17) is 9.05 Å². The Morgan fingerprint density at radius 2 is 1.03 bits per heavy atom. The Labute approximate surface area is 227 Å². The zero-order chi connectivity index (χ0) is 25.5. The van der Waals surface area contributed by atoms with Crippen LogP contribution >= 0.6 is 31.1 Å². The molecule has 1 saturated heterocycles. The van der Waals surface area contributed by atoms with Gasteiger partial charge in [-0.1, -0.05) is 109 Å². The molecule has 0 amide bonds. The van der Waals surface area contributed by atoms with Crippen LogP contribution in [0.4, 0.5) is 0 Å². The molecule has 6 rings (SSSR count). The van der Waals surface area contributed by atoms with Crippen molar-refractivity contribution in [3.05, 3.63) is 131 Å². The van der Waals surface area contributed by atoms with Gasteiger partial charge in [0.25, 0.3) is 0 Å². The van der Waals surface area contributed by atoms with Crippen molar-refractivity contribution < 1.29 is 13.6 Å². The summed E-state index contributed by atoms with van der Waals surface area (Å²) in [6.07, 6.45) is 0. The van der Waals surface area contributed by atoms with E-state index in [0.29, 0.717) is 13.2 Å². The maximum absolute atomic E-state index is 14.4. The molecule has 0 radical (unpaired) electrons. The van der Waals surface area contributed by atoms with Gasteiger partial charge in [0.1, 0.15) is 0 Å². The third kappa shape index (κ3) is 3.63. The van der Waals surface area contributed by atoms with E-state index in [-0.39, 0.29) is 0 Å². The van der Waals surface area contributed by atoms with Gasteiger partial charge in [0.15, 0.2) is 4.32 Å². The highest BCUT2D eigenvalue weighted by atomic mass is 32.2. The highest BCUT2D eigenvalue weighted by Crippen LogP contribution is 2.82. The SMILES string of the molecule is CCOP(=O)(OCC)C1SC(c2ccccc2)(c2ccccc2)C2(S1)c1ccccc1-c1ccccc12. The summed E-state index contributed by atoms with van der Waals surface area (Å²) in [5.74, 6) is 0. The summed E-state index contributed by atoms with van der Waals surface area (Å²) >= 11 is 3.46. The lowest BCUT2D eigenvalue weighted by Gasteiger charge is -2.44. The molecule has 1 spiro atoms. The van der Waals surface area contributed by atoms with Crippen molar-refractivity contribution in [2.45, 2.75) is 27.7 Å². The van der Waals surface area contributed by atoms with E-state index in [2.05, 4.69) is 109 Å². The molecule has 188 valence electrons. The summed E-state index contributed by atoms with van der Waals surface area (Å²) in [5, 5.41) is 0. The van der Waals surface area contributed by atoms with E-state index in [1.54, 1.807) is 23.5 Å². The third-order valence-electron chi connectivity index (χ3n) is 7.19. The van der Waals surface area contributed by atoms with Gasteiger partial charge in [0.05, 0.1) is 22.7 Å². The molecule has 0 aromatic heterocycles. The first-order valence-electron chi connectivity index (χ1n) is 12.7. The molecule has 0 N–H and O–H groups in total. The summed E-state index contributed by atoms with van der Waals surface area (Å²) in [7, 11) is -3.46. The van der Waals surface area contributed by atoms with Crippen molar-refractivity contribution in [2.24, 2.45) is 0 Å². The summed E-state index contributed by atoms with van der Waals surface area (Å²) < 4.78 is 24.9. The number of fused-ring (bicyclic) bond motifs is 5. The van der Waals surface area contributed by atoms with Crippen molar-refractivity contribution >= 4 is 31.1 Å². The first-order chi connectivity index (χ1) is 18.1. The van der Waals surface area contributed by atoms with Gasteiger partial charge < -0.3 is 9.05 Å². The van der Waals surface area contributed by atoms with E-state index >= 15 is 0 Å². The summed E-state index contributed by atoms with van der Waals surface area (Å²) in [6, 6.07) is 38.7. The van der Waals surface area contributed by atoms with Crippen LogP contribution in [0.1, 0.15) is 36.1 Å². The van der Waals surface area contributed by atoms with E-state index < -0.39 is 21.4 Å². The lowest BCUT2D eigenvalue weighted by Crippen LogP contribution is -2.42. The largest absolute Gasteiger partial charge is 0.353 e. The molecule has 3 nitrogen and oxygen atoms in total. The monoisotopic (exact) mass is 544 g/mol. The Morgan fingerprint density at radius 3 is 1.49 bits per heavy atom. The third-order valence-corrected chi connectivity index (χ3v) is 14.5. The van der Waals surface area contributed by atoms with Crippen LogP contribution in [0.15, 0.2) is 109 Å². The lowest BCUT2D eigenvalue weighted by molar-refractivity contribution is 0.222. The Bertz CT molecular complexity index is 1360. The fourth-order valence-electron chi connectivity index (χ4n) is 5.90. The molecule has 0 saturated carbocycles. The van der Waals surface area contributed by atoms with Crippen LogP contribution in [0.2, 0.25) is 0 Å². The van der Waals surface area contributed by atoms with Crippen LogP contribution in [0.25, 0.3) is 11.1 Å². The molecule has 1 aliphatic carbocycles. The number of hydrogen-bond acceptors (Lipinski definition) is 5. The second-order valence-electron chi connectivity index (χ2n) is 9.10. The van der Waals surface area contributed by atoms with Crippen LogP contribution in [0, 0.1) is 0 Å². The Morgan fingerprint density at radius 1 is 0.622 bits per heavy atom. The second kappa shape index (κ2) is 9.80. The van der Waals surface area contributed by atoms with Gasteiger partial charge in [-0.15, -0.1) is 23.5 Å². The van der Waals surface area contributed by atoms with Gasteiger partial charge in [-0.05, 0) is 47.2 Å². The maximum atomic E-state index is 14.4. The molecule has 4 aromatic carbocycles. The topological polar surface area (TPSA) is 35.5 Å².